The summed E-state index contributed by atoms with van der Waals surface area (Å²) in [6, 6.07) is 14.3. The summed E-state index contributed by atoms with van der Waals surface area (Å²) >= 11 is 0. The Balaban J connectivity index is 1.99. The number of benzene rings is 2. The molecule has 0 aliphatic rings. The molecule has 0 aliphatic heterocycles. The molecule has 0 fully saturated rings. The van der Waals surface area contributed by atoms with E-state index >= 15 is 0 Å². The van der Waals surface area contributed by atoms with Crippen molar-refractivity contribution in [2.45, 2.75) is 26.4 Å². The summed E-state index contributed by atoms with van der Waals surface area (Å²) in [4.78, 5) is 15.1. The number of non-ortho nitro benzene ring substituents is 1. The zero-order chi connectivity index (χ0) is 20.9. The maximum atomic E-state index is 10.9. The lowest BCUT2D eigenvalue weighted by molar-refractivity contribution is -0.384. The third kappa shape index (κ3) is 8.18. The lowest BCUT2D eigenvalue weighted by Gasteiger charge is -2.13. The van der Waals surface area contributed by atoms with Gasteiger partial charge in [-0.3, -0.25) is 10.1 Å². The van der Waals surface area contributed by atoms with Gasteiger partial charge in [0.2, 0.25) is 0 Å². The third-order valence-electron chi connectivity index (χ3n) is 4.12. The van der Waals surface area contributed by atoms with E-state index in [-0.39, 0.29) is 5.69 Å². The third-order valence-corrected chi connectivity index (χ3v) is 4.12. The minimum absolute atomic E-state index is 0.0649. The Morgan fingerprint density at radius 3 is 2.62 bits per heavy atom. The molecule has 0 bridgehead atoms. The van der Waals surface area contributed by atoms with Crippen LogP contribution in [-0.4, -0.2) is 37.8 Å². The lowest BCUT2D eigenvalue weighted by atomic mass is 10.2. The fraction of sp³-hybridized carbons (Fsp3) is 0.381. The predicted molar refractivity (Wildman–Crippen MR) is 113 cm³/mol. The van der Waals surface area contributed by atoms with Gasteiger partial charge in [0.1, 0.15) is 5.75 Å². The standard InChI is InChI=1S/C21H28N4O4/c1-3-29-13-5-12-22-21(23-15-17-8-10-20(28-2)11-9-17)24-16-18-6-4-7-19(14-18)25(26)27/h4,6-11,14H,3,5,12-13,15-16H2,1-2H3,(H2,22,23,24). The second kappa shape index (κ2) is 12.4. The van der Waals surface area contributed by atoms with Gasteiger partial charge in [-0.1, -0.05) is 24.3 Å². The molecule has 0 spiro atoms. The highest BCUT2D eigenvalue weighted by Gasteiger charge is 2.06. The van der Waals surface area contributed by atoms with Crippen molar-refractivity contribution in [1.29, 1.82) is 0 Å². The van der Waals surface area contributed by atoms with Crippen LogP contribution in [0.25, 0.3) is 0 Å². The number of nitro groups is 1. The topological polar surface area (TPSA) is 98.0 Å². The first-order valence-corrected chi connectivity index (χ1v) is 9.58. The number of ether oxygens (including phenoxy) is 2. The summed E-state index contributed by atoms with van der Waals surface area (Å²) in [5.41, 5.74) is 1.93. The van der Waals surface area contributed by atoms with Gasteiger partial charge in [-0.25, -0.2) is 4.99 Å². The monoisotopic (exact) mass is 400 g/mol. The van der Waals surface area contributed by atoms with E-state index in [1.165, 1.54) is 6.07 Å². The van der Waals surface area contributed by atoms with E-state index in [1.807, 2.05) is 37.3 Å². The van der Waals surface area contributed by atoms with Gasteiger partial charge in [-0.05, 0) is 36.6 Å². The number of nitrogens with zero attached hydrogens (tertiary/aromatic N) is 2. The average Bonchev–Trinajstić information content (AvgIpc) is 2.75. The van der Waals surface area contributed by atoms with E-state index < -0.39 is 4.92 Å². The zero-order valence-corrected chi connectivity index (χ0v) is 16.9. The molecule has 0 unspecified atom stereocenters. The highest BCUT2D eigenvalue weighted by molar-refractivity contribution is 5.79. The smallest absolute Gasteiger partial charge is 0.269 e. The Morgan fingerprint density at radius 1 is 1.14 bits per heavy atom. The van der Waals surface area contributed by atoms with Gasteiger partial charge in [-0.15, -0.1) is 0 Å². The van der Waals surface area contributed by atoms with Crippen LogP contribution in [-0.2, 0) is 17.8 Å². The molecule has 8 heteroatoms. The Labute approximate surface area is 171 Å². The Kier molecular flexibility index (Phi) is 9.44. The van der Waals surface area contributed by atoms with Crippen LogP contribution in [0.1, 0.15) is 24.5 Å². The molecular formula is C21H28N4O4. The zero-order valence-electron chi connectivity index (χ0n) is 16.9. The molecule has 0 aromatic heterocycles. The fourth-order valence-electron chi connectivity index (χ4n) is 2.57. The van der Waals surface area contributed by atoms with E-state index in [9.17, 15) is 10.1 Å². The maximum absolute atomic E-state index is 10.9. The molecular weight excluding hydrogens is 372 g/mol. The predicted octanol–water partition coefficient (Wildman–Crippen LogP) is 3.27. The van der Waals surface area contributed by atoms with Gasteiger partial charge in [-0.2, -0.15) is 0 Å². The number of aliphatic imine (C=N–C) groups is 1. The highest BCUT2D eigenvalue weighted by atomic mass is 16.6. The Bertz CT molecular complexity index is 794. The molecule has 0 aliphatic carbocycles. The first-order chi connectivity index (χ1) is 14.1. The van der Waals surface area contributed by atoms with Crippen molar-refractivity contribution in [1.82, 2.24) is 10.6 Å². The molecule has 2 rings (SSSR count). The summed E-state index contributed by atoms with van der Waals surface area (Å²) in [5, 5.41) is 17.5. The van der Waals surface area contributed by atoms with Crippen LogP contribution in [0.3, 0.4) is 0 Å². The number of guanidine groups is 1. The van der Waals surface area contributed by atoms with Crippen molar-refractivity contribution in [2.75, 3.05) is 26.9 Å². The van der Waals surface area contributed by atoms with Gasteiger partial charge in [0.05, 0.1) is 18.6 Å². The van der Waals surface area contributed by atoms with Crippen molar-refractivity contribution in [3.63, 3.8) is 0 Å². The summed E-state index contributed by atoms with van der Waals surface area (Å²) in [5.74, 6) is 1.45. The van der Waals surface area contributed by atoms with Crippen molar-refractivity contribution in [3.05, 3.63) is 69.8 Å². The summed E-state index contributed by atoms with van der Waals surface area (Å²) in [6.45, 7) is 4.99. The van der Waals surface area contributed by atoms with E-state index in [4.69, 9.17) is 9.47 Å². The molecule has 2 aromatic rings. The SMILES string of the molecule is CCOCCCNC(=NCc1cccc([N+](=O)[O-])c1)NCc1ccc(OC)cc1. The van der Waals surface area contributed by atoms with Crippen molar-refractivity contribution in [3.8, 4) is 5.75 Å². The van der Waals surface area contributed by atoms with E-state index in [0.29, 0.717) is 38.8 Å². The fourth-order valence-corrected chi connectivity index (χ4v) is 2.57. The normalized spacial score (nSPS) is 11.2. The van der Waals surface area contributed by atoms with Gasteiger partial charge in [0.25, 0.3) is 5.69 Å². The molecule has 8 nitrogen and oxygen atoms in total. The number of nitrogens with one attached hydrogen (secondary N) is 2. The van der Waals surface area contributed by atoms with Crippen molar-refractivity contribution < 1.29 is 14.4 Å². The molecule has 0 amide bonds. The van der Waals surface area contributed by atoms with Crippen LogP contribution in [0.5, 0.6) is 5.75 Å². The number of nitro benzene ring substituents is 1. The first-order valence-electron chi connectivity index (χ1n) is 9.58. The van der Waals surface area contributed by atoms with Crippen LogP contribution >= 0.6 is 0 Å². The molecule has 0 heterocycles. The molecule has 0 saturated carbocycles. The van der Waals surface area contributed by atoms with Gasteiger partial charge in [0, 0.05) is 38.4 Å². The lowest BCUT2D eigenvalue weighted by Crippen LogP contribution is -2.37. The van der Waals surface area contributed by atoms with Gasteiger partial charge >= 0.3 is 0 Å². The van der Waals surface area contributed by atoms with Crippen molar-refractivity contribution >= 4 is 11.6 Å². The van der Waals surface area contributed by atoms with Crippen LogP contribution in [0.2, 0.25) is 0 Å². The molecule has 0 saturated heterocycles. The minimum Gasteiger partial charge on any atom is -0.497 e. The quantitative estimate of drug-likeness (QED) is 0.198. The van der Waals surface area contributed by atoms with E-state index in [1.54, 1.807) is 19.2 Å². The van der Waals surface area contributed by atoms with Crippen LogP contribution in [0, 0.1) is 10.1 Å². The highest BCUT2D eigenvalue weighted by Crippen LogP contribution is 2.14. The molecule has 0 radical (unpaired) electrons. The van der Waals surface area contributed by atoms with Crippen LogP contribution < -0.4 is 15.4 Å². The minimum atomic E-state index is -0.401. The molecule has 2 N–H and O–H groups in total. The number of hydrogen-bond acceptors (Lipinski definition) is 5. The van der Waals surface area contributed by atoms with Crippen LogP contribution in [0.15, 0.2) is 53.5 Å². The first kappa shape index (κ1) is 22.2. The maximum Gasteiger partial charge on any atom is 0.269 e. The number of hydrogen-bond donors (Lipinski definition) is 2. The summed E-state index contributed by atoms with van der Waals surface area (Å²) in [7, 11) is 1.64. The Hall–Kier alpha value is -3.13. The van der Waals surface area contributed by atoms with E-state index in [2.05, 4.69) is 15.6 Å². The Morgan fingerprint density at radius 2 is 1.93 bits per heavy atom. The van der Waals surface area contributed by atoms with Gasteiger partial charge < -0.3 is 20.1 Å². The van der Waals surface area contributed by atoms with Crippen LogP contribution in [0.4, 0.5) is 5.69 Å². The second-order valence-corrected chi connectivity index (χ2v) is 6.27. The summed E-state index contributed by atoms with van der Waals surface area (Å²) in [6.07, 6.45) is 0.855. The van der Waals surface area contributed by atoms with E-state index in [0.717, 1.165) is 23.3 Å². The molecule has 156 valence electrons. The summed E-state index contributed by atoms with van der Waals surface area (Å²) < 4.78 is 10.5. The molecule has 2 aromatic carbocycles. The van der Waals surface area contributed by atoms with Gasteiger partial charge in [0.15, 0.2) is 5.96 Å². The number of methoxy groups -OCH3 is 1. The largest absolute Gasteiger partial charge is 0.497 e. The number of rotatable bonds is 11. The molecule has 29 heavy (non-hydrogen) atoms. The second-order valence-electron chi connectivity index (χ2n) is 6.27. The average molecular weight is 400 g/mol. The molecule has 0 atom stereocenters. The van der Waals surface area contributed by atoms with Crippen molar-refractivity contribution in [2.24, 2.45) is 4.99 Å².